The molecule has 106 valence electrons. The number of nitrogens with zero attached hydrogens (tertiary/aromatic N) is 2. The van der Waals surface area contributed by atoms with Crippen molar-refractivity contribution in [1.29, 1.82) is 0 Å². The highest BCUT2D eigenvalue weighted by atomic mass is 35.5. The van der Waals surface area contributed by atoms with E-state index < -0.39 is 0 Å². The molecule has 2 aromatic carbocycles. The average Bonchev–Trinajstić information content (AvgIpc) is 2.47. The molecule has 0 saturated heterocycles. The van der Waals surface area contributed by atoms with Crippen molar-refractivity contribution in [3.8, 4) is 0 Å². The number of aromatic nitrogens is 2. The molecule has 1 N–H and O–H groups in total. The Morgan fingerprint density at radius 3 is 2.57 bits per heavy atom. The molecule has 0 spiro atoms. The van der Waals surface area contributed by atoms with Gasteiger partial charge < -0.3 is 5.32 Å². The average molecular weight is 298 g/mol. The zero-order valence-electron chi connectivity index (χ0n) is 12.0. The summed E-state index contributed by atoms with van der Waals surface area (Å²) in [5.74, 6) is 1.01. The van der Waals surface area contributed by atoms with Gasteiger partial charge in [0.15, 0.2) is 0 Å². The lowest BCUT2D eigenvalue weighted by Crippen LogP contribution is -2.03. The van der Waals surface area contributed by atoms with Crippen molar-refractivity contribution in [3.05, 3.63) is 59.5 Å². The third-order valence-electron chi connectivity index (χ3n) is 3.46. The lowest BCUT2D eigenvalue weighted by Gasteiger charge is -2.15. The predicted molar refractivity (Wildman–Crippen MR) is 88.4 cm³/mol. The smallest absolute Gasteiger partial charge is 0.138 e. The van der Waals surface area contributed by atoms with Crippen LogP contribution in [-0.2, 0) is 0 Å². The van der Waals surface area contributed by atoms with E-state index in [1.165, 1.54) is 11.7 Å². The minimum Gasteiger partial charge on any atom is -0.339 e. The predicted octanol–water partition coefficient (Wildman–Crippen LogP) is 5.15. The summed E-state index contributed by atoms with van der Waals surface area (Å²) >= 11 is 6.22. The maximum atomic E-state index is 6.22. The molecule has 0 atom stereocenters. The van der Waals surface area contributed by atoms with Crippen LogP contribution in [0.2, 0.25) is 5.15 Å². The van der Waals surface area contributed by atoms with Gasteiger partial charge in [-0.3, -0.25) is 0 Å². The molecule has 3 nitrogen and oxygen atoms in total. The Kier molecular flexibility index (Phi) is 3.76. The van der Waals surface area contributed by atoms with Gasteiger partial charge in [-0.05, 0) is 17.4 Å². The van der Waals surface area contributed by atoms with Gasteiger partial charge in [0.05, 0.1) is 0 Å². The van der Waals surface area contributed by atoms with Gasteiger partial charge in [-0.15, -0.1) is 0 Å². The zero-order valence-corrected chi connectivity index (χ0v) is 12.7. The Morgan fingerprint density at radius 1 is 1.00 bits per heavy atom. The number of halogens is 1. The van der Waals surface area contributed by atoms with E-state index in [1.54, 1.807) is 0 Å². The van der Waals surface area contributed by atoms with Gasteiger partial charge >= 0.3 is 0 Å². The number of benzene rings is 2. The first-order chi connectivity index (χ1) is 10.2. The molecule has 3 aromatic rings. The van der Waals surface area contributed by atoms with Crippen LogP contribution >= 0.6 is 11.6 Å². The number of nitrogens with one attached hydrogen (secondary N) is 1. The third-order valence-corrected chi connectivity index (χ3v) is 3.76. The van der Waals surface area contributed by atoms with Crippen molar-refractivity contribution in [1.82, 2.24) is 9.97 Å². The fraction of sp³-hybridized carbons (Fsp3) is 0.176. The highest BCUT2D eigenvalue weighted by Gasteiger charge is 2.14. The van der Waals surface area contributed by atoms with Crippen LogP contribution in [0.4, 0.5) is 11.5 Å². The van der Waals surface area contributed by atoms with Crippen molar-refractivity contribution >= 4 is 33.9 Å². The molecule has 0 bridgehead atoms. The number of hydrogen-bond donors (Lipinski definition) is 1. The molecule has 0 aliphatic carbocycles. The van der Waals surface area contributed by atoms with Gasteiger partial charge in [-0.25, -0.2) is 9.97 Å². The molecule has 1 heterocycles. The summed E-state index contributed by atoms with van der Waals surface area (Å²) < 4.78 is 0. The van der Waals surface area contributed by atoms with E-state index in [2.05, 4.69) is 47.3 Å². The molecule has 4 heteroatoms. The van der Waals surface area contributed by atoms with E-state index in [9.17, 15) is 0 Å². The Morgan fingerprint density at radius 2 is 1.76 bits per heavy atom. The van der Waals surface area contributed by atoms with Gasteiger partial charge in [0, 0.05) is 16.6 Å². The Balaban J connectivity index is 2.09. The second-order valence-electron chi connectivity index (χ2n) is 5.23. The van der Waals surface area contributed by atoms with Crippen molar-refractivity contribution in [2.75, 3.05) is 5.32 Å². The molecule has 0 fully saturated rings. The summed E-state index contributed by atoms with van der Waals surface area (Å²) in [7, 11) is 0. The summed E-state index contributed by atoms with van der Waals surface area (Å²) in [6.45, 7) is 4.16. The van der Waals surface area contributed by atoms with Crippen molar-refractivity contribution in [2.24, 2.45) is 0 Å². The van der Waals surface area contributed by atoms with Crippen LogP contribution in [-0.4, -0.2) is 9.97 Å². The normalized spacial score (nSPS) is 11.0. The number of hydrogen-bond acceptors (Lipinski definition) is 3. The second-order valence-corrected chi connectivity index (χ2v) is 5.59. The first kappa shape index (κ1) is 13.8. The highest BCUT2D eigenvalue weighted by molar-refractivity contribution is 6.30. The summed E-state index contributed by atoms with van der Waals surface area (Å²) in [5, 5.41) is 6.25. The monoisotopic (exact) mass is 297 g/mol. The first-order valence-electron chi connectivity index (χ1n) is 6.92. The lowest BCUT2D eigenvalue weighted by molar-refractivity contribution is 0.850. The van der Waals surface area contributed by atoms with E-state index in [1.807, 2.05) is 24.3 Å². The fourth-order valence-corrected chi connectivity index (χ4v) is 2.80. The molecule has 0 unspecified atom stereocenters. The highest BCUT2D eigenvalue weighted by Crippen LogP contribution is 2.32. The van der Waals surface area contributed by atoms with E-state index in [4.69, 9.17) is 11.6 Å². The van der Waals surface area contributed by atoms with Gasteiger partial charge in [0.2, 0.25) is 0 Å². The van der Waals surface area contributed by atoms with Crippen LogP contribution in [0.15, 0.2) is 48.8 Å². The molecule has 0 aliphatic rings. The van der Waals surface area contributed by atoms with Gasteiger partial charge in [-0.1, -0.05) is 61.8 Å². The largest absolute Gasteiger partial charge is 0.339 e. The second kappa shape index (κ2) is 5.70. The minimum atomic E-state index is 0.246. The summed E-state index contributed by atoms with van der Waals surface area (Å²) in [5.41, 5.74) is 1.96. The van der Waals surface area contributed by atoms with Gasteiger partial charge in [0.1, 0.15) is 17.3 Å². The van der Waals surface area contributed by atoms with Crippen molar-refractivity contribution in [3.63, 3.8) is 0 Å². The van der Waals surface area contributed by atoms with Crippen LogP contribution in [0.5, 0.6) is 0 Å². The lowest BCUT2D eigenvalue weighted by atomic mass is 10.1. The van der Waals surface area contributed by atoms with Crippen LogP contribution < -0.4 is 5.32 Å². The fourth-order valence-electron chi connectivity index (χ4n) is 2.45. The quantitative estimate of drug-likeness (QED) is 0.679. The topological polar surface area (TPSA) is 37.8 Å². The SMILES string of the molecule is CC(C)c1c(Cl)ncnc1Nc1cccc2ccccc12. The van der Waals surface area contributed by atoms with Crippen molar-refractivity contribution < 1.29 is 0 Å². The standard InChI is InChI=1S/C17H16ClN3/c1-11(2)15-16(18)19-10-20-17(15)21-14-9-5-7-12-6-3-4-8-13(12)14/h3-11H,1-2H3,(H,19,20,21). The Hall–Kier alpha value is -2.13. The number of rotatable bonds is 3. The maximum absolute atomic E-state index is 6.22. The summed E-state index contributed by atoms with van der Waals surface area (Å²) in [6, 6.07) is 14.4. The minimum absolute atomic E-state index is 0.246. The molecule has 0 aliphatic heterocycles. The summed E-state index contributed by atoms with van der Waals surface area (Å²) in [6.07, 6.45) is 1.49. The molecule has 3 rings (SSSR count). The van der Waals surface area contributed by atoms with Crippen LogP contribution in [0.3, 0.4) is 0 Å². The Labute approximate surface area is 129 Å². The third kappa shape index (κ3) is 2.69. The van der Waals surface area contributed by atoms with Crippen molar-refractivity contribution in [2.45, 2.75) is 19.8 Å². The Bertz CT molecular complexity index is 779. The molecular weight excluding hydrogens is 282 g/mol. The molecule has 0 amide bonds. The van der Waals surface area contributed by atoms with E-state index >= 15 is 0 Å². The van der Waals surface area contributed by atoms with E-state index in [0.29, 0.717) is 5.15 Å². The number of fused-ring (bicyclic) bond motifs is 1. The molecule has 0 saturated carbocycles. The molecule has 0 radical (unpaired) electrons. The van der Waals surface area contributed by atoms with Crippen LogP contribution in [0.25, 0.3) is 10.8 Å². The van der Waals surface area contributed by atoms with Gasteiger partial charge in [0.25, 0.3) is 0 Å². The maximum Gasteiger partial charge on any atom is 0.138 e. The molecule has 21 heavy (non-hydrogen) atoms. The molecular formula is C17H16ClN3. The van der Waals surface area contributed by atoms with Crippen LogP contribution in [0.1, 0.15) is 25.3 Å². The zero-order chi connectivity index (χ0) is 14.8. The summed E-state index contributed by atoms with van der Waals surface area (Å²) in [4.78, 5) is 8.44. The van der Waals surface area contributed by atoms with E-state index in [-0.39, 0.29) is 5.92 Å². The number of anilines is 2. The molecule has 1 aromatic heterocycles. The first-order valence-corrected chi connectivity index (χ1v) is 7.30. The van der Waals surface area contributed by atoms with Crippen LogP contribution in [0, 0.1) is 0 Å². The van der Waals surface area contributed by atoms with Gasteiger partial charge in [-0.2, -0.15) is 0 Å². The van der Waals surface area contributed by atoms with E-state index in [0.717, 1.165) is 22.5 Å².